The maximum atomic E-state index is 11.0. The Bertz CT molecular complexity index is 468. The largest absolute Gasteiger partial charge is 0.371 e. The average Bonchev–Trinajstić information content (AvgIpc) is 2.39. The summed E-state index contributed by atoms with van der Waals surface area (Å²) in [5.41, 5.74) is -1.42. The average molecular weight is 264 g/mol. The smallest absolute Gasteiger partial charge is 0.276 e. The molecule has 103 valence electrons. The molecule has 6 heteroatoms. The van der Waals surface area contributed by atoms with Gasteiger partial charge in [0.1, 0.15) is 0 Å². The number of hydrogen-bond donors (Lipinski definition) is 1. The molecule has 6 nitrogen and oxygen atoms in total. The highest BCUT2D eigenvalue weighted by Gasteiger charge is 2.37. The number of benzene rings is 1. The minimum Gasteiger partial charge on any atom is -0.371 e. The van der Waals surface area contributed by atoms with E-state index < -0.39 is 10.6 Å². The van der Waals surface area contributed by atoms with E-state index in [1.165, 1.54) is 6.07 Å². The van der Waals surface area contributed by atoms with Crippen LogP contribution in [0.2, 0.25) is 0 Å². The number of nitro benzene ring substituents is 1. The van der Waals surface area contributed by atoms with E-state index in [4.69, 9.17) is 0 Å². The van der Waals surface area contributed by atoms with Crippen molar-refractivity contribution in [3.63, 3.8) is 0 Å². The molecule has 1 aliphatic heterocycles. The molecule has 0 bridgehead atoms. The zero-order valence-corrected chi connectivity index (χ0v) is 11.0. The Hall–Kier alpha value is -1.50. The van der Waals surface area contributed by atoms with Crippen molar-refractivity contribution in [1.29, 1.82) is 0 Å². The molecule has 1 saturated heterocycles. The Morgan fingerprint density at radius 2 is 1.89 bits per heavy atom. The van der Waals surface area contributed by atoms with Crippen LogP contribution >= 0.6 is 0 Å². The summed E-state index contributed by atoms with van der Waals surface area (Å²) >= 11 is 0. The molecule has 1 atom stereocenters. The number of hydrogen-bond acceptors (Lipinski definition) is 5. The second kappa shape index (κ2) is 5.24. The van der Waals surface area contributed by atoms with E-state index in [0.29, 0.717) is 13.1 Å². The lowest BCUT2D eigenvalue weighted by atomic mass is 10.00. The molecule has 1 fully saturated rings. The number of rotatable bonds is 3. The lowest BCUT2D eigenvalue weighted by Crippen LogP contribution is -2.53. The van der Waals surface area contributed by atoms with Gasteiger partial charge in [-0.25, -0.2) is 0 Å². The third-order valence-corrected chi connectivity index (χ3v) is 3.56. The molecule has 1 unspecified atom stereocenters. The highest BCUT2D eigenvalue weighted by atomic mass is 16.6. The van der Waals surface area contributed by atoms with E-state index in [2.05, 4.69) is 11.8 Å². The summed E-state index contributed by atoms with van der Waals surface area (Å²) in [6, 6.07) is 6.21. The standard InChI is InChI=1S/C13H18N3O3/c1-13(17,15-9-7-14(2)8-10-15)11-5-3-4-6-12(11)16(18)19/h3-6,17H,1,7-10H2,2H3. The van der Waals surface area contributed by atoms with Crippen molar-refractivity contribution in [2.75, 3.05) is 33.2 Å². The van der Waals surface area contributed by atoms with Gasteiger partial charge in [0.2, 0.25) is 0 Å². The molecular formula is C13H18N3O3. The van der Waals surface area contributed by atoms with Crippen LogP contribution < -0.4 is 0 Å². The van der Waals surface area contributed by atoms with Crippen molar-refractivity contribution in [3.8, 4) is 0 Å². The van der Waals surface area contributed by atoms with Crippen LogP contribution in [-0.4, -0.2) is 53.1 Å². The monoisotopic (exact) mass is 264 g/mol. The summed E-state index contributed by atoms with van der Waals surface area (Å²) in [7, 11) is 2.00. The van der Waals surface area contributed by atoms with Crippen LogP contribution in [0.3, 0.4) is 0 Å². The van der Waals surface area contributed by atoms with Gasteiger partial charge in [-0.1, -0.05) is 12.1 Å². The molecule has 1 radical (unpaired) electrons. The van der Waals surface area contributed by atoms with Crippen LogP contribution in [0, 0.1) is 17.0 Å². The van der Waals surface area contributed by atoms with Gasteiger partial charge in [0.05, 0.1) is 10.5 Å². The van der Waals surface area contributed by atoms with Crippen molar-refractivity contribution in [2.45, 2.75) is 5.72 Å². The molecule has 1 heterocycles. The summed E-state index contributed by atoms with van der Waals surface area (Å²) in [5, 5.41) is 21.7. The maximum absolute atomic E-state index is 11.0. The summed E-state index contributed by atoms with van der Waals surface area (Å²) in [6.45, 7) is 6.65. The van der Waals surface area contributed by atoms with Gasteiger partial charge in [-0.2, -0.15) is 0 Å². The first-order valence-electron chi connectivity index (χ1n) is 6.18. The normalized spacial score (nSPS) is 21.0. The molecule has 0 spiro atoms. The van der Waals surface area contributed by atoms with Crippen LogP contribution in [0.5, 0.6) is 0 Å². The second-order valence-electron chi connectivity index (χ2n) is 4.88. The van der Waals surface area contributed by atoms with Gasteiger partial charge in [0, 0.05) is 32.2 Å². The maximum Gasteiger partial charge on any atom is 0.276 e. The second-order valence-corrected chi connectivity index (χ2v) is 4.88. The van der Waals surface area contributed by atoms with Gasteiger partial charge < -0.3 is 10.0 Å². The summed E-state index contributed by atoms with van der Waals surface area (Å²) < 4.78 is 0. The fourth-order valence-corrected chi connectivity index (χ4v) is 2.32. The molecule has 19 heavy (non-hydrogen) atoms. The molecule has 1 aliphatic rings. The Morgan fingerprint density at radius 1 is 1.32 bits per heavy atom. The van der Waals surface area contributed by atoms with Crippen molar-refractivity contribution >= 4 is 5.69 Å². The quantitative estimate of drug-likeness (QED) is 0.646. The number of aliphatic hydroxyl groups is 1. The van der Waals surface area contributed by atoms with E-state index in [0.717, 1.165) is 13.1 Å². The first kappa shape index (κ1) is 13.9. The Morgan fingerprint density at radius 3 is 2.47 bits per heavy atom. The zero-order chi connectivity index (χ0) is 14.0. The van der Waals surface area contributed by atoms with Gasteiger partial charge >= 0.3 is 0 Å². The minimum absolute atomic E-state index is 0.0982. The molecule has 1 N–H and O–H groups in total. The van der Waals surface area contributed by atoms with E-state index in [-0.39, 0.29) is 11.3 Å². The SMILES string of the molecule is [CH2]C(O)(c1ccccc1[N+](=O)[O-])N1CCN(C)CC1. The summed E-state index contributed by atoms with van der Waals surface area (Å²) in [6.07, 6.45) is 0. The molecule has 1 aromatic carbocycles. The van der Waals surface area contributed by atoms with Crippen LogP contribution in [-0.2, 0) is 5.72 Å². The highest BCUT2D eigenvalue weighted by molar-refractivity contribution is 5.44. The van der Waals surface area contributed by atoms with Crippen molar-refractivity contribution < 1.29 is 10.0 Å². The molecule has 0 aliphatic carbocycles. The van der Waals surface area contributed by atoms with Crippen LogP contribution in [0.4, 0.5) is 5.69 Å². The van der Waals surface area contributed by atoms with Crippen LogP contribution in [0.1, 0.15) is 5.56 Å². The van der Waals surface area contributed by atoms with Gasteiger partial charge in [-0.3, -0.25) is 15.0 Å². The summed E-state index contributed by atoms with van der Waals surface area (Å²) in [5.74, 6) is 0. The van der Waals surface area contributed by atoms with Crippen LogP contribution in [0.15, 0.2) is 24.3 Å². The number of para-hydroxylation sites is 1. The van der Waals surface area contributed by atoms with Gasteiger partial charge in [0.15, 0.2) is 5.72 Å². The summed E-state index contributed by atoms with van der Waals surface area (Å²) in [4.78, 5) is 14.5. The molecule has 0 saturated carbocycles. The predicted octanol–water partition coefficient (Wildman–Crippen LogP) is 0.821. The number of nitrogens with zero attached hydrogens (tertiary/aromatic N) is 3. The Labute approximate surface area is 112 Å². The number of nitro groups is 1. The Balaban J connectivity index is 2.31. The first-order chi connectivity index (χ1) is 8.93. The molecule has 0 amide bonds. The lowest BCUT2D eigenvalue weighted by molar-refractivity contribution is -0.387. The van der Waals surface area contributed by atoms with Crippen LogP contribution in [0.25, 0.3) is 0 Å². The molecule has 1 aromatic rings. The van der Waals surface area contributed by atoms with E-state index in [1.54, 1.807) is 23.1 Å². The third kappa shape index (κ3) is 2.75. The predicted molar refractivity (Wildman–Crippen MR) is 71.4 cm³/mol. The van der Waals surface area contributed by atoms with Crippen molar-refractivity contribution in [3.05, 3.63) is 46.9 Å². The van der Waals surface area contributed by atoms with Crippen molar-refractivity contribution in [1.82, 2.24) is 9.80 Å². The van der Waals surface area contributed by atoms with E-state index in [9.17, 15) is 15.2 Å². The number of likely N-dealkylation sites (N-methyl/N-ethyl adjacent to an activating group) is 1. The first-order valence-corrected chi connectivity index (χ1v) is 6.18. The highest BCUT2D eigenvalue weighted by Crippen LogP contribution is 2.32. The topological polar surface area (TPSA) is 69.8 Å². The van der Waals surface area contributed by atoms with Gasteiger partial charge in [-0.05, 0) is 20.0 Å². The van der Waals surface area contributed by atoms with E-state index in [1.807, 2.05) is 7.05 Å². The molecule has 0 aromatic heterocycles. The third-order valence-electron chi connectivity index (χ3n) is 3.56. The van der Waals surface area contributed by atoms with Gasteiger partial charge in [-0.15, -0.1) is 0 Å². The molecule has 2 rings (SSSR count). The van der Waals surface area contributed by atoms with E-state index >= 15 is 0 Å². The fraction of sp³-hybridized carbons (Fsp3) is 0.462. The van der Waals surface area contributed by atoms with Gasteiger partial charge in [0.25, 0.3) is 5.69 Å². The minimum atomic E-state index is -1.56. The number of piperazine rings is 1. The Kier molecular flexibility index (Phi) is 3.84. The lowest BCUT2D eigenvalue weighted by Gasteiger charge is -2.41. The zero-order valence-electron chi connectivity index (χ0n) is 11.0. The fourth-order valence-electron chi connectivity index (χ4n) is 2.32. The van der Waals surface area contributed by atoms with Crippen molar-refractivity contribution in [2.24, 2.45) is 0 Å². The molecular weight excluding hydrogens is 246 g/mol.